The lowest BCUT2D eigenvalue weighted by Crippen LogP contribution is -2.34. The van der Waals surface area contributed by atoms with Crippen molar-refractivity contribution >= 4 is 40.9 Å². The van der Waals surface area contributed by atoms with Gasteiger partial charge in [-0.1, -0.05) is 18.2 Å². The minimum absolute atomic E-state index is 0.138. The van der Waals surface area contributed by atoms with E-state index in [1.54, 1.807) is 24.3 Å². The number of hydrogen-bond acceptors (Lipinski definition) is 7. The third kappa shape index (κ3) is 4.13. The zero-order chi connectivity index (χ0) is 17.7. The van der Waals surface area contributed by atoms with Crippen LogP contribution in [-0.4, -0.2) is 48.2 Å². The number of nitrogens with zero attached hydrogens (tertiary/aromatic N) is 1. The summed E-state index contributed by atoms with van der Waals surface area (Å²) in [5, 5.41) is -0.563. The molecule has 1 saturated heterocycles. The van der Waals surface area contributed by atoms with Crippen molar-refractivity contribution in [3.05, 3.63) is 34.7 Å². The van der Waals surface area contributed by atoms with Gasteiger partial charge in [0.2, 0.25) is 0 Å². The van der Waals surface area contributed by atoms with E-state index in [1.807, 2.05) is 0 Å². The largest absolute Gasteiger partial charge is 0.483 e. The Balaban J connectivity index is 2.23. The lowest BCUT2D eigenvalue weighted by atomic mass is 10.2. The average molecular weight is 350 g/mol. The van der Waals surface area contributed by atoms with Crippen molar-refractivity contribution in [3.8, 4) is 5.75 Å². The molecule has 0 unspecified atom stereocenters. The van der Waals surface area contributed by atoms with Crippen LogP contribution in [0.5, 0.6) is 5.75 Å². The second kappa shape index (κ2) is 7.64. The number of nitrogens with two attached hydrogens (primary N) is 1. The van der Waals surface area contributed by atoms with Crippen molar-refractivity contribution in [1.29, 1.82) is 0 Å². The molecular formula is C15H14N2O6S. The lowest BCUT2D eigenvalue weighted by Gasteiger charge is -2.10. The Labute approximate surface area is 141 Å². The fraction of sp³-hybridized carbons (Fsp3) is 0.200. The molecule has 1 aromatic carbocycles. The minimum Gasteiger partial charge on any atom is -0.483 e. The van der Waals surface area contributed by atoms with Gasteiger partial charge in [0, 0.05) is 5.56 Å². The fourth-order valence-electron chi connectivity index (χ4n) is 1.85. The first-order valence-corrected chi connectivity index (χ1v) is 7.56. The zero-order valence-corrected chi connectivity index (χ0v) is 13.5. The van der Waals surface area contributed by atoms with E-state index in [1.165, 1.54) is 13.2 Å². The van der Waals surface area contributed by atoms with Gasteiger partial charge in [-0.15, -0.1) is 0 Å². The van der Waals surface area contributed by atoms with Crippen LogP contribution in [0.25, 0.3) is 6.08 Å². The predicted octanol–water partition coefficient (Wildman–Crippen LogP) is 0.760. The first-order valence-electron chi connectivity index (χ1n) is 6.74. The third-order valence-corrected chi connectivity index (χ3v) is 3.87. The number of para-hydroxylation sites is 1. The van der Waals surface area contributed by atoms with E-state index in [0.717, 1.165) is 4.90 Å². The second-order valence-corrected chi connectivity index (χ2v) is 5.63. The maximum Gasteiger partial charge on any atom is 0.325 e. The summed E-state index contributed by atoms with van der Waals surface area (Å²) in [5.74, 6) is -1.58. The van der Waals surface area contributed by atoms with Crippen molar-refractivity contribution < 1.29 is 28.7 Å². The standard InChI is InChI=1S/C15H14N2O6S/c1-22-13(19)7-17-14(20)11(24-15(17)21)6-9-4-2-3-5-10(9)23-8-12(16)18/h2-6H,7-8H2,1H3,(H2,16,18)/b11-6-. The van der Waals surface area contributed by atoms with Crippen molar-refractivity contribution in [1.82, 2.24) is 4.90 Å². The van der Waals surface area contributed by atoms with Crippen molar-refractivity contribution in [2.24, 2.45) is 5.73 Å². The Morgan fingerprint density at radius 1 is 1.29 bits per heavy atom. The summed E-state index contributed by atoms with van der Waals surface area (Å²) in [6.45, 7) is -0.757. The van der Waals surface area contributed by atoms with E-state index in [4.69, 9.17) is 10.5 Å². The Morgan fingerprint density at radius 3 is 2.67 bits per heavy atom. The fourth-order valence-corrected chi connectivity index (χ4v) is 2.68. The number of carbonyl (C=O) groups excluding carboxylic acids is 4. The molecule has 1 aromatic rings. The summed E-state index contributed by atoms with van der Waals surface area (Å²) < 4.78 is 9.73. The SMILES string of the molecule is COC(=O)CN1C(=O)S/C(=C\c2ccccc2OCC(N)=O)C1=O. The molecule has 0 aliphatic carbocycles. The van der Waals surface area contributed by atoms with Gasteiger partial charge >= 0.3 is 5.97 Å². The van der Waals surface area contributed by atoms with E-state index >= 15 is 0 Å². The quantitative estimate of drug-likeness (QED) is 0.595. The first-order chi connectivity index (χ1) is 11.4. The van der Waals surface area contributed by atoms with Crippen LogP contribution in [0.3, 0.4) is 0 Å². The summed E-state index contributed by atoms with van der Waals surface area (Å²) >= 11 is 0.706. The molecule has 0 aromatic heterocycles. The predicted molar refractivity (Wildman–Crippen MR) is 85.8 cm³/mol. The summed E-state index contributed by atoms with van der Waals surface area (Å²) in [7, 11) is 1.17. The van der Waals surface area contributed by atoms with Crippen LogP contribution in [0.1, 0.15) is 5.56 Å². The van der Waals surface area contributed by atoms with Crippen molar-refractivity contribution in [2.75, 3.05) is 20.3 Å². The second-order valence-electron chi connectivity index (χ2n) is 4.64. The van der Waals surface area contributed by atoms with E-state index < -0.39 is 29.6 Å². The lowest BCUT2D eigenvalue weighted by molar-refractivity contribution is -0.143. The number of methoxy groups -OCH3 is 1. The van der Waals surface area contributed by atoms with Crippen LogP contribution in [0, 0.1) is 0 Å². The van der Waals surface area contributed by atoms with Gasteiger partial charge in [0.05, 0.1) is 12.0 Å². The Morgan fingerprint density at radius 2 is 2.00 bits per heavy atom. The van der Waals surface area contributed by atoms with Crippen LogP contribution in [-0.2, 0) is 19.1 Å². The number of ether oxygens (including phenoxy) is 2. The molecule has 2 N–H and O–H groups in total. The maximum absolute atomic E-state index is 12.2. The highest BCUT2D eigenvalue weighted by Crippen LogP contribution is 2.33. The van der Waals surface area contributed by atoms with Crippen LogP contribution in [0.2, 0.25) is 0 Å². The van der Waals surface area contributed by atoms with Gasteiger partial charge < -0.3 is 15.2 Å². The van der Waals surface area contributed by atoms with E-state index in [0.29, 0.717) is 23.1 Å². The summed E-state index contributed by atoms with van der Waals surface area (Å²) in [6.07, 6.45) is 1.46. The van der Waals surface area contributed by atoms with Gasteiger partial charge in [-0.3, -0.25) is 24.1 Å². The molecule has 0 bridgehead atoms. The Bertz CT molecular complexity index is 730. The zero-order valence-electron chi connectivity index (χ0n) is 12.7. The van der Waals surface area contributed by atoms with E-state index in [2.05, 4.69) is 4.74 Å². The molecule has 1 fully saturated rings. The monoisotopic (exact) mass is 350 g/mol. The van der Waals surface area contributed by atoms with E-state index in [-0.39, 0.29) is 11.5 Å². The Kier molecular flexibility index (Phi) is 5.59. The molecular weight excluding hydrogens is 336 g/mol. The molecule has 9 heteroatoms. The van der Waals surface area contributed by atoms with Crippen LogP contribution in [0.4, 0.5) is 4.79 Å². The van der Waals surface area contributed by atoms with Crippen LogP contribution < -0.4 is 10.5 Å². The molecule has 8 nitrogen and oxygen atoms in total. The number of esters is 1. The van der Waals surface area contributed by atoms with Crippen molar-refractivity contribution in [2.45, 2.75) is 0 Å². The van der Waals surface area contributed by atoms with Gasteiger partial charge in [-0.25, -0.2) is 0 Å². The number of thioether (sulfide) groups is 1. The molecule has 1 aliphatic heterocycles. The molecule has 3 amide bonds. The summed E-state index contributed by atoms with van der Waals surface area (Å²) in [6, 6.07) is 6.66. The number of hydrogen-bond donors (Lipinski definition) is 1. The number of imide groups is 1. The molecule has 1 heterocycles. The van der Waals surface area contributed by atoms with Gasteiger partial charge in [0.15, 0.2) is 6.61 Å². The topological polar surface area (TPSA) is 116 Å². The minimum atomic E-state index is -0.691. The number of primary amides is 1. The van der Waals surface area contributed by atoms with Gasteiger partial charge in [0.1, 0.15) is 12.3 Å². The van der Waals surface area contributed by atoms with Crippen molar-refractivity contribution in [3.63, 3.8) is 0 Å². The van der Waals surface area contributed by atoms with Gasteiger partial charge in [-0.2, -0.15) is 0 Å². The number of amides is 3. The van der Waals surface area contributed by atoms with Crippen LogP contribution in [0.15, 0.2) is 29.2 Å². The number of carbonyl (C=O) groups is 4. The van der Waals surface area contributed by atoms with Gasteiger partial charge in [0.25, 0.3) is 17.1 Å². The Hall–Kier alpha value is -2.81. The first kappa shape index (κ1) is 17.5. The molecule has 2 rings (SSSR count). The molecule has 0 radical (unpaired) electrons. The maximum atomic E-state index is 12.2. The third-order valence-electron chi connectivity index (χ3n) is 2.96. The molecule has 1 aliphatic rings. The smallest absolute Gasteiger partial charge is 0.325 e. The summed E-state index contributed by atoms with van der Waals surface area (Å²) in [4.78, 5) is 47.1. The molecule has 0 atom stereocenters. The van der Waals surface area contributed by atoms with Crippen LogP contribution >= 0.6 is 11.8 Å². The number of rotatable bonds is 6. The average Bonchev–Trinajstić information content (AvgIpc) is 2.81. The molecule has 0 saturated carbocycles. The highest BCUT2D eigenvalue weighted by atomic mass is 32.2. The molecule has 0 spiro atoms. The van der Waals surface area contributed by atoms with Gasteiger partial charge in [-0.05, 0) is 23.9 Å². The molecule has 24 heavy (non-hydrogen) atoms. The highest BCUT2D eigenvalue weighted by Gasteiger charge is 2.36. The molecule has 126 valence electrons. The highest BCUT2D eigenvalue weighted by molar-refractivity contribution is 8.18. The summed E-state index contributed by atoms with van der Waals surface area (Å²) in [5.41, 5.74) is 5.54. The normalized spacial score (nSPS) is 15.7. The number of benzene rings is 1. The van der Waals surface area contributed by atoms with E-state index in [9.17, 15) is 19.2 Å².